The molecule has 23 heavy (non-hydrogen) atoms. The average Bonchev–Trinajstić information content (AvgIpc) is 2.53. The molecule has 1 amide bonds. The first kappa shape index (κ1) is 17.1. The topological polar surface area (TPSA) is 75.3 Å². The van der Waals surface area contributed by atoms with Crippen molar-refractivity contribution in [1.82, 2.24) is 5.32 Å². The maximum atomic E-state index is 12.5. The molecule has 0 aromatic heterocycles. The lowest BCUT2D eigenvalue weighted by atomic mass is 10.2. The quantitative estimate of drug-likeness (QED) is 0.786. The first-order valence-corrected chi connectivity index (χ1v) is 8.56. The number of benzene rings is 2. The Bertz CT molecular complexity index is 820. The van der Waals surface area contributed by atoms with Gasteiger partial charge in [-0.3, -0.25) is 9.52 Å². The lowest BCUT2D eigenvalue weighted by molar-refractivity contribution is 0.0958. The van der Waals surface area contributed by atoms with Crippen molar-refractivity contribution in [3.8, 4) is 0 Å². The van der Waals surface area contributed by atoms with Crippen LogP contribution >= 0.6 is 11.6 Å². The molecule has 120 valence electrons. The van der Waals surface area contributed by atoms with Gasteiger partial charge in [0.1, 0.15) is 4.90 Å². The Morgan fingerprint density at radius 3 is 2.52 bits per heavy atom. The lowest BCUT2D eigenvalue weighted by Crippen LogP contribution is -2.23. The van der Waals surface area contributed by atoms with Crippen LogP contribution in [-0.2, 0) is 10.0 Å². The van der Waals surface area contributed by atoms with E-state index in [4.69, 9.17) is 11.6 Å². The third kappa shape index (κ3) is 4.34. The first-order chi connectivity index (χ1) is 10.9. The van der Waals surface area contributed by atoms with Crippen molar-refractivity contribution in [2.75, 3.05) is 11.3 Å². The zero-order chi connectivity index (χ0) is 16.9. The second kappa shape index (κ2) is 7.30. The summed E-state index contributed by atoms with van der Waals surface area (Å²) in [7, 11) is -3.90. The Balaban J connectivity index is 2.34. The number of halogens is 1. The summed E-state index contributed by atoms with van der Waals surface area (Å²) in [5.74, 6) is -0.405. The minimum absolute atomic E-state index is 0.0358. The molecule has 0 heterocycles. The summed E-state index contributed by atoms with van der Waals surface area (Å²) >= 11 is 5.99. The Morgan fingerprint density at radius 2 is 1.87 bits per heavy atom. The highest BCUT2D eigenvalue weighted by Gasteiger charge is 2.20. The van der Waals surface area contributed by atoms with E-state index in [-0.39, 0.29) is 22.0 Å². The molecule has 0 aliphatic rings. The standard InChI is InChI=1S/C16H15ClN2O3S/c1-2-10-18-16(20)12-8-9-14(17)15(11-12)23(21,22)19-13-6-4-3-5-7-13/h2-9,11,19H,1,10H2,(H,18,20). The van der Waals surface area contributed by atoms with Gasteiger partial charge in [-0.05, 0) is 30.3 Å². The fourth-order valence-electron chi connectivity index (χ4n) is 1.83. The third-order valence-corrected chi connectivity index (χ3v) is 4.78. The number of amides is 1. The average molecular weight is 351 g/mol. The zero-order valence-corrected chi connectivity index (χ0v) is 13.7. The third-order valence-electron chi connectivity index (χ3n) is 2.92. The highest BCUT2D eigenvalue weighted by molar-refractivity contribution is 7.92. The van der Waals surface area contributed by atoms with Crippen LogP contribution in [0.25, 0.3) is 0 Å². The number of hydrogen-bond acceptors (Lipinski definition) is 3. The first-order valence-electron chi connectivity index (χ1n) is 6.70. The van der Waals surface area contributed by atoms with Gasteiger partial charge in [-0.2, -0.15) is 0 Å². The van der Waals surface area contributed by atoms with Crippen molar-refractivity contribution in [1.29, 1.82) is 0 Å². The Kier molecular flexibility index (Phi) is 5.41. The minimum atomic E-state index is -3.90. The summed E-state index contributed by atoms with van der Waals surface area (Å²) < 4.78 is 27.4. The van der Waals surface area contributed by atoms with Crippen LogP contribution in [0.15, 0.2) is 66.1 Å². The second-order valence-corrected chi connectivity index (χ2v) is 6.67. The van der Waals surface area contributed by atoms with Crippen LogP contribution in [0, 0.1) is 0 Å². The number of anilines is 1. The molecule has 0 radical (unpaired) electrons. The predicted molar refractivity (Wildman–Crippen MR) is 91.2 cm³/mol. The molecule has 0 unspecified atom stereocenters. The Hall–Kier alpha value is -2.31. The Morgan fingerprint density at radius 1 is 1.17 bits per heavy atom. The van der Waals surface area contributed by atoms with Gasteiger partial charge in [0, 0.05) is 17.8 Å². The van der Waals surface area contributed by atoms with Gasteiger partial charge in [0.2, 0.25) is 0 Å². The maximum absolute atomic E-state index is 12.5. The molecule has 0 aliphatic heterocycles. The molecule has 0 saturated heterocycles. The van der Waals surface area contributed by atoms with E-state index in [1.165, 1.54) is 24.3 Å². The highest BCUT2D eigenvalue weighted by Crippen LogP contribution is 2.25. The number of rotatable bonds is 6. The van der Waals surface area contributed by atoms with Crippen LogP contribution in [0.3, 0.4) is 0 Å². The number of sulfonamides is 1. The molecule has 0 fully saturated rings. The number of para-hydroxylation sites is 1. The summed E-state index contributed by atoms with van der Waals surface area (Å²) in [6.07, 6.45) is 1.53. The fourth-order valence-corrected chi connectivity index (χ4v) is 3.42. The molecule has 0 aliphatic carbocycles. The number of carbonyl (C=O) groups is 1. The van der Waals surface area contributed by atoms with Crippen molar-refractivity contribution < 1.29 is 13.2 Å². The summed E-state index contributed by atoms with van der Waals surface area (Å²) in [4.78, 5) is 11.8. The van der Waals surface area contributed by atoms with E-state index >= 15 is 0 Å². The van der Waals surface area contributed by atoms with Crippen molar-refractivity contribution in [2.24, 2.45) is 0 Å². The molecule has 2 rings (SSSR count). The van der Waals surface area contributed by atoms with Gasteiger partial charge in [-0.25, -0.2) is 8.42 Å². The molecule has 2 N–H and O–H groups in total. The number of nitrogens with one attached hydrogen (secondary N) is 2. The van der Waals surface area contributed by atoms with Gasteiger partial charge >= 0.3 is 0 Å². The molecule has 0 saturated carbocycles. The molecule has 0 atom stereocenters. The monoisotopic (exact) mass is 350 g/mol. The highest BCUT2D eigenvalue weighted by atomic mass is 35.5. The normalized spacial score (nSPS) is 10.8. The van der Waals surface area contributed by atoms with Gasteiger partial charge in [0.25, 0.3) is 15.9 Å². The van der Waals surface area contributed by atoms with E-state index in [2.05, 4.69) is 16.6 Å². The summed E-state index contributed by atoms with van der Waals surface area (Å²) in [5.41, 5.74) is 0.606. The summed E-state index contributed by atoms with van der Waals surface area (Å²) in [6, 6.07) is 12.5. The fraction of sp³-hybridized carbons (Fsp3) is 0.0625. The second-order valence-electron chi connectivity index (χ2n) is 4.62. The largest absolute Gasteiger partial charge is 0.349 e. The molecule has 2 aromatic rings. The zero-order valence-electron chi connectivity index (χ0n) is 12.1. The van der Waals surface area contributed by atoms with Crippen LogP contribution in [0.1, 0.15) is 10.4 Å². The van der Waals surface area contributed by atoms with Gasteiger partial charge in [0.05, 0.1) is 5.02 Å². The molecule has 0 bridgehead atoms. The molecule has 7 heteroatoms. The van der Waals surface area contributed by atoms with Gasteiger partial charge in [-0.1, -0.05) is 35.9 Å². The molecule has 2 aromatic carbocycles. The van der Waals surface area contributed by atoms with Crippen LogP contribution < -0.4 is 10.0 Å². The van der Waals surface area contributed by atoms with Gasteiger partial charge in [-0.15, -0.1) is 6.58 Å². The predicted octanol–water partition coefficient (Wildman–Crippen LogP) is 3.06. The summed E-state index contributed by atoms with van der Waals surface area (Å²) in [5, 5.41) is 2.62. The van der Waals surface area contributed by atoms with Gasteiger partial charge in [0.15, 0.2) is 0 Å². The van der Waals surface area contributed by atoms with E-state index in [0.717, 1.165) is 0 Å². The van der Waals surface area contributed by atoms with Crippen LogP contribution in [0.2, 0.25) is 5.02 Å². The van der Waals surface area contributed by atoms with E-state index in [1.54, 1.807) is 30.3 Å². The summed E-state index contributed by atoms with van der Waals surface area (Å²) in [6.45, 7) is 3.79. The van der Waals surface area contributed by atoms with E-state index in [0.29, 0.717) is 5.69 Å². The van der Waals surface area contributed by atoms with Crippen LogP contribution in [0.4, 0.5) is 5.69 Å². The SMILES string of the molecule is C=CCNC(=O)c1ccc(Cl)c(S(=O)(=O)Nc2ccccc2)c1. The van der Waals surface area contributed by atoms with Crippen LogP contribution in [-0.4, -0.2) is 20.9 Å². The van der Waals surface area contributed by atoms with Crippen molar-refractivity contribution in [3.05, 3.63) is 71.8 Å². The van der Waals surface area contributed by atoms with Gasteiger partial charge < -0.3 is 5.32 Å². The van der Waals surface area contributed by atoms with Crippen molar-refractivity contribution in [3.63, 3.8) is 0 Å². The molecule has 5 nitrogen and oxygen atoms in total. The molecular formula is C16H15ClN2O3S. The molecular weight excluding hydrogens is 336 g/mol. The Labute approximate surface area is 140 Å². The van der Waals surface area contributed by atoms with Crippen LogP contribution in [0.5, 0.6) is 0 Å². The van der Waals surface area contributed by atoms with E-state index in [9.17, 15) is 13.2 Å². The van der Waals surface area contributed by atoms with E-state index in [1.807, 2.05) is 0 Å². The van der Waals surface area contributed by atoms with Crippen molar-refractivity contribution >= 4 is 33.2 Å². The van der Waals surface area contributed by atoms with Crippen molar-refractivity contribution in [2.45, 2.75) is 4.90 Å². The maximum Gasteiger partial charge on any atom is 0.263 e. The lowest BCUT2D eigenvalue weighted by Gasteiger charge is -2.11. The smallest absolute Gasteiger partial charge is 0.263 e. The molecule has 0 spiro atoms. The van der Waals surface area contributed by atoms with E-state index < -0.39 is 15.9 Å². The minimum Gasteiger partial charge on any atom is -0.349 e. The number of carbonyl (C=O) groups excluding carboxylic acids is 1. The number of hydrogen-bond donors (Lipinski definition) is 2.